The maximum atomic E-state index is 6.12. The molecule has 2 rings (SSSR count). The van der Waals surface area contributed by atoms with Gasteiger partial charge in [0.25, 0.3) is 0 Å². The molecule has 1 atom stereocenters. The molecule has 4 heteroatoms. The molecule has 0 spiro atoms. The first-order chi connectivity index (χ1) is 8.31. The van der Waals surface area contributed by atoms with Crippen LogP contribution in [0.2, 0.25) is 0 Å². The van der Waals surface area contributed by atoms with Crippen molar-refractivity contribution in [3.8, 4) is 5.75 Å². The van der Waals surface area contributed by atoms with Gasteiger partial charge in [-0.05, 0) is 24.3 Å². The molecule has 4 nitrogen and oxygen atoms in total. The van der Waals surface area contributed by atoms with Gasteiger partial charge >= 0.3 is 0 Å². The van der Waals surface area contributed by atoms with E-state index in [0.29, 0.717) is 6.42 Å². The first-order valence-electron chi connectivity index (χ1n) is 5.45. The van der Waals surface area contributed by atoms with Crippen LogP contribution >= 0.6 is 0 Å². The monoisotopic (exact) mass is 229 g/mol. The lowest BCUT2D eigenvalue weighted by molar-refractivity contribution is 0.401. The number of hydrogen-bond donors (Lipinski definition) is 1. The Hall–Kier alpha value is -1.94. The summed E-state index contributed by atoms with van der Waals surface area (Å²) in [5, 5.41) is 0. The number of hydrogen-bond acceptors (Lipinski definition) is 4. The van der Waals surface area contributed by atoms with Crippen molar-refractivity contribution in [2.75, 3.05) is 7.11 Å². The summed E-state index contributed by atoms with van der Waals surface area (Å²) in [6, 6.07) is 9.27. The van der Waals surface area contributed by atoms with E-state index in [4.69, 9.17) is 10.5 Å². The van der Waals surface area contributed by atoms with Crippen LogP contribution in [-0.2, 0) is 6.42 Å². The Morgan fingerprint density at radius 3 is 2.71 bits per heavy atom. The van der Waals surface area contributed by atoms with Gasteiger partial charge in [0.05, 0.1) is 18.8 Å². The van der Waals surface area contributed by atoms with Crippen molar-refractivity contribution in [1.82, 2.24) is 9.97 Å². The second-order valence-electron chi connectivity index (χ2n) is 3.72. The smallest absolute Gasteiger partial charge is 0.141 e. The first kappa shape index (κ1) is 11.5. The fourth-order valence-electron chi connectivity index (χ4n) is 1.69. The van der Waals surface area contributed by atoms with E-state index in [1.807, 2.05) is 30.3 Å². The standard InChI is InChI=1S/C13H15N3O/c1-17-12-6-4-8-16-13(12)11(14)9-10-5-2-3-7-15-10/h2-8,11H,9,14H2,1H3. The Morgan fingerprint density at radius 1 is 1.18 bits per heavy atom. The molecule has 0 aliphatic carbocycles. The van der Waals surface area contributed by atoms with Crippen molar-refractivity contribution >= 4 is 0 Å². The van der Waals surface area contributed by atoms with Gasteiger partial charge in [-0.3, -0.25) is 9.97 Å². The fraction of sp³-hybridized carbons (Fsp3) is 0.231. The van der Waals surface area contributed by atoms with Gasteiger partial charge in [-0.2, -0.15) is 0 Å². The van der Waals surface area contributed by atoms with Gasteiger partial charge in [0.1, 0.15) is 5.75 Å². The van der Waals surface area contributed by atoms with E-state index >= 15 is 0 Å². The average Bonchev–Trinajstić information content (AvgIpc) is 2.40. The molecule has 2 aromatic rings. The highest BCUT2D eigenvalue weighted by molar-refractivity contribution is 5.30. The van der Waals surface area contributed by atoms with Crippen LogP contribution in [0.25, 0.3) is 0 Å². The van der Waals surface area contributed by atoms with Crippen molar-refractivity contribution in [2.24, 2.45) is 5.73 Å². The molecule has 88 valence electrons. The number of pyridine rings is 2. The predicted octanol–water partition coefficient (Wildman–Crippen LogP) is 1.73. The van der Waals surface area contributed by atoms with E-state index in [-0.39, 0.29) is 6.04 Å². The molecule has 2 aromatic heterocycles. The van der Waals surface area contributed by atoms with Gasteiger partial charge in [0.2, 0.25) is 0 Å². The fourth-order valence-corrected chi connectivity index (χ4v) is 1.69. The van der Waals surface area contributed by atoms with Gasteiger partial charge < -0.3 is 10.5 Å². The van der Waals surface area contributed by atoms with Gasteiger partial charge in [0, 0.05) is 24.5 Å². The SMILES string of the molecule is COc1cccnc1C(N)Cc1ccccn1. The third-order valence-electron chi connectivity index (χ3n) is 2.53. The first-order valence-corrected chi connectivity index (χ1v) is 5.45. The molecular weight excluding hydrogens is 214 g/mol. The maximum Gasteiger partial charge on any atom is 0.141 e. The topological polar surface area (TPSA) is 61.0 Å². The predicted molar refractivity (Wildman–Crippen MR) is 65.7 cm³/mol. The van der Waals surface area contributed by atoms with Crippen LogP contribution in [-0.4, -0.2) is 17.1 Å². The Labute approximate surface area is 100 Å². The second kappa shape index (κ2) is 5.41. The van der Waals surface area contributed by atoms with Crippen LogP contribution in [0.5, 0.6) is 5.75 Å². The summed E-state index contributed by atoms with van der Waals surface area (Å²) in [6.45, 7) is 0. The molecule has 0 saturated carbocycles. The van der Waals surface area contributed by atoms with Crippen molar-refractivity contribution in [2.45, 2.75) is 12.5 Å². The molecule has 2 heterocycles. The van der Waals surface area contributed by atoms with Crippen LogP contribution in [0.15, 0.2) is 42.7 Å². The van der Waals surface area contributed by atoms with Crippen LogP contribution in [0.4, 0.5) is 0 Å². The molecule has 0 aromatic carbocycles. The maximum absolute atomic E-state index is 6.12. The molecule has 2 N–H and O–H groups in total. The number of rotatable bonds is 4. The molecule has 0 fully saturated rings. The summed E-state index contributed by atoms with van der Waals surface area (Å²) in [5.74, 6) is 0.718. The molecular formula is C13H15N3O. The Kier molecular flexibility index (Phi) is 3.67. The highest BCUT2D eigenvalue weighted by atomic mass is 16.5. The number of nitrogens with zero attached hydrogens (tertiary/aromatic N) is 2. The molecule has 0 amide bonds. The second-order valence-corrected chi connectivity index (χ2v) is 3.72. The zero-order valence-electron chi connectivity index (χ0n) is 9.71. The average molecular weight is 229 g/mol. The normalized spacial score (nSPS) is 12.1. The molecule has 17 heavy (non-hydrogen) atoms. The van der Waals surface area contributed by atoms with E-state index in [2.05, 4.69) is 9.97 Å². The number of ether oxygens (including phenoxy) is 1. The molecule has 0 saturated heterocycles. The molecule has 0 aliphatic rings. The van der Waals surface area contributed by atoms with Crippen molar-refractivity contribution in [3.05, 3.63) is 54.1 Å². The number of methoxy groups -OCH3 is 1. The van der Waals surface area contributed by atoms with Crippen molar-refractivity contribution in [3.63, 3.8) is 0 Å². The Morgan fingerprint density at radius 2 is 2.00 bits per heavy atom. The lowest BCUT2D eigenvalue weighted by Crippen LogP contribution is -2.16. The molecule has 0 radical (unpaired) electrons. The van der Waals surface area contributed by atoms with E-state index < -0.39 is 0 Å². The van der Waals surface area contributed by atoms with Crippen molar-refractivity contribution in [1.29, 1.82) is 0 Å². The molecule has 0 aliphatic heterocycles. The molecule has 0 bridgehead atoms. The molecule has 1 unspecified atom stereocenters. The zero-order valence-corrected chi connectivity index (χ0v) is 9.71. The lowest BCUT2D eigenvalue weighted by atomic mass is 10.1. The van der Waals surface area contributed by atoms with E-state index in [1.165, 1.54) is 0 Å². The van der Waals surface area contributed by atoms with Crippen molar-refractivity contribution < 1.29 is 4.74 Å². The van der Waals surface area contributed by atoms with E-state index in [0.717, 1.165) is 17.1 Å². The van der Waals surface area contributed by atoms with E-state index in [9.17, 15) is 0 Å². The largest absolute Gasteiger partial charge is 0.495 e. The highest BCUT2D eigenvalue weighted by Gasteiger charge is 2.13. The third-order valence-corrected chi connectivity index (χ3v) is 2.53. The summed E-state index contributed by atoms with van der Waals surface area (Å²) >= 11 is 0. The quantitative estimate of drug-likeness (QED) is 0.867. The van der Waals surface area contributed by atoms with Gasteiger partial charge in [-0.15, -0.1) is 0 Å². The van der Waals surface area contributed by atoms with Gasteiger partial charge in [-0.25, -0.2) is 0 Å². The zero-order chi connectivity index (χ0) is 12.1. The Balaban J connectivity index is 2.17. The van der Waals surface area contributed by atoms with Gasteiger partial charge in [0.15, 0.2) is 0 Å². The highest BCUT2D eigenvalue weighted by Crippen LogP contribution is 2.22. The van der Waals surface area contributed by atoms with Gasteiger partial charge in [-0.1, -0.05) is 6.07 Å². The summed E-state index contributed by atoms with van der Waals surface area (Å²) in [4.78, 5) is 8.52. The van der Waals surface area contributed by atoms with Crippen LogP contribution in [0, 0.1) is 0 Å². The lowest BCUT2D eigenvalue weighted by Gasteiger charge is -2.13. The number of nitrogens with two attached hydrogens (primary N) is 1. The number of aromatic nitrogens is 2. The minimum atomic E-state index is -0.207. The van der Waals surface area contributed by atoms with Crippen LogP contribution < -0.4 is 10.5 Å². The summed E-state index contributed by atoms with van der Waals surface area (Å²) in [7, 11) is 1.62. The Bertz CT molecular complexity index is 473. The van der Waals surface area contributed by atoms with E-state index in [1.54, 1.807) is 19.5 Å². The minimum absolute atomic E-state index is 0.207. The summed E-state index contributed by atoms with van der Waals surface area (Å²) in [5.41, 5.74) is 7.84. The third kappa shape index (κ3) is 2.79. The van der Waals surface area contributed by atoms with Crippen LogP contribution in [0.3, 0.4) is 0 Å². The minimum Gasteiger partial charge on any atom is -0.495 e. The van der Waals surface area contributed by atoms with Crippen LogP contribution in [0.1, 0.15) is 17.4 Å². The summed E-state index contributed by atoms with van der Waals surface area (Å²) in [6.07, 6.45) is 4.13. The summed E-state index contributed by atoms with van der Waals surface area (Å²) < 4.78 is 5.24.